The first kappa shape index (κ1) is 16.6. The van der Waals surface area contributed by atoms with Crippen molar-refractivity contribution in [3.63, 3.8) is 0 Å². The summed E-state index contributed by atoms with van der Waals surface area (Å²) in [6, 6.07) is 10.3. The van der Waals surface area contributed by atoms with E-state index in [2.05, 4.69) is 19.1 Å². The predicted octanol–water partition coefficient (Wildman–Crippen LogP) is 2.13. The molecule has 16 heavy (non-hydrogen) atoms. The maximum absolute atomic E-state index is 9.55. The highest BCUT2D eigenvalue weighted by atomic mass is 35.5. The highest BCUT2D eigenvalue weighted by Crippen LogP contribution is 1.92. The number of aryl methyl sites for hydroxylation is 1. The lowest BCUT2D eigenvalue weighted by Crippen LogP contribution is -1.91. The molecule has 0 aliphatic heterocycles. The van der Waals surface area contributed by atoms with E-state index in [1.807, 2.05) is 18.2 Å². The average molecular weight is 245 g/mol. The van der Waals surface area contributed by atoms with Crippen LogP contribution in [-0.4, -0.2) is 22.2 Å². The van der Waals surface area contributed by atoms with E-state index in [4.69, 9.17) is 10.2 Å². The molecular formula is C11H13ClO4. The fourth-order valence-corrected chi connectivity index (χ4v) is 0.677. The molecule has 0 spiro atoms. The molecule has 2 N–H and O–H groups in total. The fraction of sp³-hybridized carbons (Fsp3) is 0.0909. The second-order valence-corrected chi connectivity index (χ2v) is 2.66. The van der Waals surface area contributed by atoms with Crippen LogP contribution in [0.2, 0.25) is 0 Å². The molecule has 0 fully saturated rings. The Kier molecular flexibility index (Phi) is 10.1. The minimum atomic E-state index is -1.26. The zero-order valence-electron chi connectivity index (χ0n) is 8.66. The van der Waals surface area contributed by atoms with Gasteiger partial charge in [0.15, 0.2) is 0 Å². The second kappa shape index (κ2) is 9.73. The van der Waals surface area contributed by atoms with Crippen molar-refractivity contribution in [2.24, 2.45) is 0 Å². The zero-order chi connectivity index (χ0) is 11.7. The van der Waals surface area contributed by atoms with E-state index >= 15 is 0 Å². The molecule has 0 aromatic heterocycles. The Hall–Kier alpha value is -1.81. The predicted molar refractivity (Wildman–Crippen MR) is 62.8 cm³/mol. The third-order valence-corrected chi connectivity index (χ3v) is 1.31. The normalized spacial score (nSPS) is 8.56. The maximum atomic E-state index is 9.55. The van der Waals surface area contributed by atoms with Gasteiger partial charge in [0.25, 0.3) is 0 Å². The van der Waals surface area contributed by atoms with Gasteiger partial charge in [-0.25, -0.2) is 9.59 Å². The third-order valence-electron chi connectivity index (χ3n) is 1.31. The van der Waals surface area contributed by atoms with Crippen LogP contribution in [0, 0.1) is 6.92 Å². The standard InChI is InChI=1S/C7H8.C4H4O4.ClH/c1-7-5-3-2-4-6-7;5-3(6)1-2-4(7)8;/h2-6H,1H3;1-2H,(H,5,6)(H,7,8);1H/b;2-1-;. The van der Waals surface area contributed by atoms with E-state index in [1.165, 1.54) is 5.56 Å². The van der Waals surface area contributed by atoms with Crippen LogP contribution in [0.15, 0.2) is 42.5 Å². The van der Waals surface area contributed by atoms with Crippen LogP contribution in [0.25, 0.3) is 0 Å². The number of hydrogen-bond donors (Lipinski definition) is 2. The number of carboxylic acids is 2. The Morgan fingerprint density at radius 3 is 1.56 bits per heavy atom. The zero-order valence-corrected chi connectivity index (χ0v) is 9.48. The summed E-state index contributed by atoms with van der Waals surface area (Å²) in [6.45, 7) is 2.08. The minimum Gasteiger partial charge on any atom is -0.478 e. The van der Waals surface area contributed by atoms with Crippen molar-refractivity contribution in [2.75, 3.05) is 0 Å². The lowest BCUT2D eigenvalue weighted by Gasteiger charge is -1.82. The molecule has 0 unspecified atom stereocenters. The number of hydrogen-bond acceptors (Lipinski definition) is 2. The summed E-state index contributed by atoms with van der Waals surface area (Å²) in [5.74, 6) is -2.51. The molecule has 5 heteroatoms. The van der Waals surface area contributed by atoms with E-state index < -0.39 is 11.9 Å². The summed E-state index contributed by atoms with van der Waals surface area (Å²) in [5.41, 5.74) is 1.32. The number of carbonyl (C=O) groups is 2. The highest BCUT2D eigenvalue weighted by molar-refractivity contribution is 5.89. The Morgan fingerprint density at radius 1 is 1.00 bits per heavy atom. The molecule has 0 heterocycles. The van der Waals surface area contributed by atoms with Gasteiger partial charge in [0.05, 0.1) is 0 Å². The smallest absolute Gasteiger partial charge is 0.328 e. The van der Waals surface area contributed by atoms with Crippen molar-refractivity contribution >= 4 is 24.3 Å². The molecule has 88 valence electrons. The van der Waals surface area contributed by atoms with Gasteiger partial charge in [-0.15, -0.1) is 12.4 Å². The average Bonchev–Trinajstić information content (AvgIpc) is 2.17. The number of aliphatic carboxylic acids is 2. The van der Waals surface area contributed by atoms with Crippen LogP contribution < -0.4 is 0 Å². The summed E-state index contributed by atoms with van der Waals surface area (Å²) in [7, 11) is 0. The molecule has 1 aromatic rings. The van der Waals surface area contributed by atoms with Gasteiger partial charge in [0.1, 0.15) is 0 Å². The van der Waals surface area contributed by atoms with Crippen molar-refractivity contribution in [3.05, 3.63) is 48.0 Å². The number of benzene rings is 1. The molecular weight excluding hydrogens is 232 g/mol. The molecule has 0 saturated heterocycles. The van der Waals surface area contributed by atoms with Crippen LogP contribution in [-0.2, 0) is 9.59 Å². The second-order valence-electron chi connectivity index (χ2n) is 2.66. The van der Waals surface area contributed by atoms with Gasteiger partial charge in [-0.2, -0.15) is 0 Å². The summed E-state index contributed by atoms with van der Waals surface area (Å²) < 4.78 is 0. The SMILES string of the molecule is Cc1ccccc1.Cl.O=C(O)/C=C\C(=O)O. The van der Waals surface area contributed by atoms with Gasteiger partial charge < -0.3 is 10.2 Å². The molecule has 0 bridgehead atoms. The van der Waals surface area contributed by atoms with E-state index in [0.29, 0.717) is 12.2 Å². The fourth-order valence-electron chi connectivity index (χ4n) is 0.677. The largest absolute Gasteiger partial charge is 0.478 e. The molecule has 1 aromatic carbocycles. The first-order valence-corrected chi connectivity index (χ1v) is 4.18. The lowest BCUT2D eigenvalue weighted by molar-refractivity contribution is -0.134. The molecule has 1 rings (SSSR count). The van der Waals surface area contributed by atoms with Crippen LogP contribution in [0.1, 0.15) is 5.56 Å². The Morgan fingerprint density at radius 2 is 1.38 bits per heavy atom. The van der Waals surface area contributed by atoms with Crippen molar-refractivity contribution in [1.82, 2.24) is 0 Å². The summed E-state index contributed by atoms with van der Waals surface area (Å²) in [6.07, 6.45) is 1.12. The first-order chi connectivity index (χ1) is 7.02. The molecule has 0 aliphatic carbocycles. The summed E-state index contributed by atoms with van der Waals surface area (Å²) in [5, 5.41) is 15.6. The van der Waals surface area contributed by atoms with E-state index in [-0.39, 0.29) is 12.4 Å². The summed E-state index contributed by atoms with van der Waals surface area (Å²) in [4.78, 5) is 19.1. The minimum absolute atomic E-state index is 0. The van der Waals surface area contributed by atoms with Crippen molar-refractivity contribution in [2.45, 2.75) is 6.92 Å². The van der Waals surface area contributed by atoms with Crippen molar-refractivity contribution < 1.29 is 19.8 Å². The Balaban J connectivity index is 0. The van der Waals surface area contributed by atoms with E-state index in [0.717, 1.165) is 0 Å². The van der Waals surface area contributed by atoms with Crippen LogP contribution in [0.5, 0.6) is 0 Å². The van der Waals surface area contributed by atoms with Gasteiger partial charge in [0, 0.05) is 12.2 Å². The van der Waals surface area contributed by atoms with Gasteiger partial charge >= 0.3 is 11.9 Å². The number of halogens is 1. The Labute approximate surface area is 99.6 Å². The molecule has 0 amide bonds. The third kappa shape index (κ3) is 12.2. The van der Waals surface area contributed by atoms with Gasteiger partial charge in [-0.1, -0.05) is 35.9 Å². The van der Waals surface area contributed by atoms with Crippen LogP contribution in [0.3, 0.4) is 0 Å². The van der Waals surface area contributed by atoms with E-state index in [1.54, 1.807) is 0 Å². The Bertz CT molecular complexity index is 330. The van der Waals surface area contributed by atoms with Crippen LogP contribution >= 0.6 is 12.4 Å². The van der Waals surface area contributed by atoms with Gasteiger partial charge in [-0.3, -0.25) is 0 Å². The molecule has 0 atom stereocenters. The summed E-state index contributed by atoms with van der Waals surface area (Å²) >= 11 is 0. The van der Waals surface area contributed by atoms with Crippen molar-refractivity contribution in [3.8, 4) is 0 Å². The molecule has 4 nitrogen and oxygen atoms in total. The van der Waals surface area contributed by atoms with Crippen molar-refractivity contribution in [1.29, 1.82) is 0 Å². The number of carboxylic acid groups (broad SMARTS) is 2. The molecule has 0 saturated carbocycles. The topological polar surface area (TPSA) is 74.6 Å². The quantitative estimate of drug-likeness (QED) is 0.782. The monoisotopic (exact) mass is 244 g/mol. The molecule has 0 radical (unpaired) electrons. The first-order valence-electron chi connectivity index (χ1n) is 4.18. The van der Waals surface area contributed by atoms with Gasteiger partial charge in [-0.05, 0) is 6.92 Å². The van der Waals surface area contributed by atoms with Gasteiger partial charge in [0.2, 0.25) is 0 Å². The number of rotatable bonds is 2. The maximum Gasteiger partial charge on any atom is 0.328 e. The lowest BCUT2D eigenvalue weighted by atomic mass is 10.2. The molecule has 0 aliphatic rings. The van der Waals surface area contributed by atoms with Crippen LogP contribution in [0.4, 0.5) is 0 Å². The highest BCUT2D eigenvalue weighted by Gasteiger charge is 1.88. The van der Waals surface area contributed by atoms with E-state index in [9.17, 15) is 9.59 Å².